The van der Waals surface area contributed by atoms with Crippen molar-refractivity contribution in [2.45, 2.75) is 38.3 Å². The standard InChI is InChI=1S/C19H24N4O4S2/c1-12(2)23-13(3)10-15(21-23)18(24)20-19-22(8-9-27-4)16-7-6-14(29(5,25)26)11-17(16)28-19/h6-7,10-12H,8-9H2,1-5H3. The molecule has 0 N–H and O–H groups in total. The number of hydrogen-bond donors (Lipinski definition) is 0. The molecule has 0 aliphatic rings. The Morgan fingerprint density at radius 3 is 2.62 bits per heavy atom. The van der Waals surface area contributed by atoms with Crippen LogP contribution in [-0.4, -0.2) is 48.6 Å². The van der Waals surface area contributed by atoms with Crippen molar-refractivity contribution in [1.82, 2.24) is 14.3 Å². The molecule has 0 spiro atoms. The molecule has 10 heteroatoms. The second-order valence-electron chi connectivity index (χ2n) is 7.06. The van der Waals surface area contributed by atoms with Crippen LogP contribution in [0.2, 0.25) is 0 Å². The number of aryl methyl sites for hydroxylation is 1. The lowest BCUT2D eigenvalue weighted by atomic mass is 10.3. The molecule has 0 aliphatic heterocycles. The SMILES string of the molecule is COCCn1c(=NC(=O)c2cc(C)n(C(C)C)n2)sc2cc(S(C)(=O)=O)ccc21. The van der Waals surface area contributed by atoms with E-state index in [0.717, 1.165) is 15.9 Å². The Morgan fingerprint density at radius 1 is 1.31 bits per heavy atom. The largest absolute Gasteiger partial charge is 0.383 e. The van der Waals surface area contributed by atoms with Crippen LogP contribution in [0, 0.1) is 6.92 Å². The molecule has 29 heavy (non-hydrogen) atoms. The van der Waals surface area contributed by atoms with Gasteiger partial charge in [-0.2, -0.15) is 10.1 Å². The molecule has 0 atom stereocenters. The highest BCUT2D eigenvalue weighted by Gasteiger charge is 2.16. The lowest BCUT2D eigenvalue weighted by Gasteiger charge is -2.06. The summed E-state index contributed by atoms with van der Waals surface area (Å²) in [5.74, 6) is -0.437. The van der Waals surface area contributed by atoms with E-state index < -0.39 is 15.7 Å². The van der Waals surface area contributed by atoms with E-state index in [1.807, 2.05) is 25.3 Å². The van der Waals surface area contributed by atoms with Gasteiger partial charge in [0.1, 0.15) is 0 Å². The maximum Gasteiger partial charge on any atom is 0.300 e. The van der Waals surface area contributed by atoms with Gasteiger partial charge in [-0.15, -0.1) is 0 Å². The van der Waals surface area contributed by atoms with Gasteiger partial charge in [0.25, 0.3) is 5.91 Å². The topological polar surface area (TPSA) is 95.6 Å². The van der Waals surface area contributed by atoms with Gasteiger partial charge in [-0.3, -0.25) is 9.48 Å². The Kier molecular flexibility index (Phi) is 6.06. The van der Waals surface area contributed by atoms with Crippen molar-refractivity contribution in [3.8, 4) is 0 Å². The third kappa shape index (κ3) is 4.49. The summed E-state index contributed by atoms with van der Waals surface area (Å²) in [5, 5.41) is 4.36. The van der Waals surface area contributed by atoms with Gasteiger partial charge in [-0.05, 0) is 45.0 Å². The Labute approximate surface area is 173 Å². The van der Waals surface area contributed by atoms with Crippen molar-refractivity contribution in [1.29, 1.82) is 0 Å². The molecular weight excluding hydrogens is 412 g/mol. The number of fused-ring (bicyclic) bond motifs is 1. The number of carbonyl (C=O) groups excluding carboxylic acids is 1. The summed E-state index contributed by atoms with van der Waals surface area (Å²) in [6.07, 6.45) is 1.17. The summed E-state index contributed by atoms with van der Waals surface area (Å²) in [7, 11) is -1.73. The van der Waals surface area contributed by atoms with Gasteiger partial charge in [0, 0.05) is 31.6 Å². The highest BCUT2D eigenvalue weighted by atomic mass is 32.2. The second-order valence-corrected chi connectivity index (χ2v) is 10.1. The van der Waals surface area contributed by atoms with Crippen LogP contribution in [0.15, 0.2) is 34.2 Å². The molecule has 1 amide bonds. The smallest absolute Gasteiger partial charge is 0.300 e. The monoisotopic (exact) mass is 436 g/mol. The Morgan fingerprint density at radius 2 is 2.03 bits per heavy atom. The first-order valence-electron chi connectivity index (χ1n) is 9.09. The van der Waals surface area contributed by atoms with Gasteiger partial charge >= 0.3 is 0 Å². The van der Waals surface area contributed by atoms with Crippen LogP contribution < -0.4 is 4.80 Å². The summed E-state index contributed by atoms with van der Waals surface area (Å²) < 4.78 is 33.3. The summed E-state index contributed by atoms with van der Waals surface area (Å²) >= 11 is 1.27. The van der Waals surface area contributed by atoms with E-state index in [-0.39, 0.29) is 16.6 Å². The summed E-state index contributed by atoms with van der Waals surface area (Å²) in [4.78, 5) is 17.7. The van der Waals surface area contributed by atoms with E-state index in [4.69, 9.17) is 4.74 Å². The van der Waals surface area contributed by atoms with Gasteiger partial charge in [-0.1, -0.05) is 11.3 Å². The molecule has 3 rings (SSSR count). The summed E-state index contributed by atoms with van der Waals surface area (Å²) in [6, 6.07) is 6.77. The maximum atomic E-state index is 12.8. The number of carbonyl (C=O) groups is 1. The van der Waals surface area contributed by atoms with E-state index in [0.29, 0.717) is 18.0 Å². The molecule has 0 bridgehead atoms. The fourth-order valence-electron chi connectivity index (χ4n) is 3.03. The highest BCUT2D eigenvalue weighted by Crippen LogP contribution is 2.22. The van der Waals surface area contributed by atoms with Crippen LogP contribution in [0.4, 0.5) is 0 Å². The quantitative estimate of drug-likeness (QED) is 0.592. The number of amides is 1. The number of benzene rings is 1. The van der Waals surface area contributed by atoms with E-state index in [1.54, 1.807) is 36.1 Å². The number of thiazole rings is 1. The number of aromatic nitrogens is 3. The molecule has 3 aromatic rings. The second kappa shape index (κ2) is 8.21. The van der Waals surface area contributed by atoms with E-state index >= 15 is 0 Å². The maximum absolute atomic E-state index is 12.8. The molecular formula is C19H24N4O4S2. The average Bonchev–Trinajstić information content (AvgIpc) is 3.19. The number of methoxy groups -OCH3 is 1. The Bertz CT molecular complexity index is 1230. The van der Waals surface area contributed by atoms with Gasteiger partial charge in [0.2, 0.25) is 0 Å². The van der Waals surface area contributed by atoms with Crippen molar-refractivity contribution in [2.75, 3.05) is 20.0 Å². The van der Waals surface area contributed by atoms with Crippen LogP contribution in [0.3, 0.4) is 0 Å². The number of ether oxygens (including phenoxy) is 1. The van der Waals surface area contributed by atoms with Crippen LogP contribution in [0.1, 0.15) is 36.1 Å². The summed E-state index contributed by atoms with van der Waals surface area (Å²) in [5.41, 5.74) is 1.97. The van der Waals surface area contributed by atoms with Crippen LogP contribution in [0.25, 0.3) is 10.2 Å². The zero-order valence-corrected chi connectivity index (χ0v) is 18.7. The van der Waals surface area contributed by atoms with E-state index in [9.17, 15) is 13.2 Å². The third-order valence-electron chi connectivity index (χ3n) is 4.43. The molecule has 0 fully saturated rings. The third-order valence-corrected chi connectivity index (χ3v) is 6.58. The normalized spacial score (nSPS) is 13.0. The van der Waals surface area contributed by atoms with Crippen molar-refractivity contribution in [3.63, 3.8) is 0 Å². The van der Waals surface area contributed by atoms with Crippen molar-refractivity contribution >= 4 is 37.3 Å². The lowest BCUT2D eigenvalue weighted by Crippen LogP contribution is -2.19. The number of hydrogen-bond acceptors (Lipinski definition) is 6. The van der Waals surface area contributed by atoms with Gasteiger partial charge in [-0.25, -0.2) is 8.42 Å². The zero-order valence-electron chi connectivity index (χ0n) is 17.0. The first kappa shape index (κ1) is 21.4. The minimum absolute atomic E-state index is 0.141. The first-order valence-corrected chi connectivity index (χ1v) is 11.8. The number of nitrogens with zero attached hydrogens (tertiary/aromatic N) is 4. The predicted molar refractivity (Wildman–Crippen MR) is 112 cm³/mol. The molecule has 8 nitrogen and oxygen atoms in total. The lowest BCUT2D eigenvalue weighted by molar-refractivity contribution is 0.0991. The Balaban J connectivity index is 2.13. The number of rotatable bonds is 6. The van der Waals surface area contributed by atoms with Crippen LogP contribution in [0.5, 0.6) is 0 Å². The highest BCUT2D eigenvalue weighted by molar-refractivity contribution is 7.90. The van der Waals surface area contributed by atoms with Crippen molar-refractivity contribution in [3.05, 3.63) is 40.5 Å². The molecule has 1 aromatic carbocycles. The van der Waals surface area contributed by atoms with Crippen LogP contribution in [-0.2, 0) is 21.1 Å². The molecule has 0 unspecified atom stereocenters. The minimum Gasteiger partial charge on any atom is -0.383 e. The molecule has 0 radical (unpaired) electrons. The van der Waals surface area contributed by atoms with Crippen molar-refractivity contribution < 1.29 is 17.9 Å². The van der Waals surface area contributed by atoms with E-state index in [1.165, 1.54) is 17.6 Å². The molecule has 0 saturated heterocycles. The van der Waals surface area contributed by atoms with Gasteiger partial charge in [0.05, 0.1) is 21.7 Å². The predicted octanol–water partition coefficient (Wildman–Crippen LogP) is 2.58. The fraction of sp³-hybridized carbons (Fsp3) is 0.421. The fourth-order valence-corrected chi connectivity index (χ4v) is 4.84. The molecule has 2 heterocycles. The minimum atomic E-state index is -3.33. The van der Waals surface area contributed by atoms with E-state index in [2.05, 4.69) is 10.1 Å². The number of sulfone groups is 1. The van der Waals surface area contributed by atoms with Crippen molar-refractivity contribution in [2.24, 2.45) is 4.99 Å². The zero-order chi connectivity index (χ0) is 21.3. The van der Waals surface area contributed by atoms with Gasteiger partial charge in [0.15, 0.2) is 20.3 Å². The average molecular weight is 437 g/mol. The summed E-state index contributed by atoms with van der Waals surface area (Å²) in [6.45, 7) is 6.81. The molecule has 0 aliphatic carbocycles. The molecule has 2 aromatic heterocycles. The molecule has 156 valence electrons. The first-order chi connectivity index (χ1) is 13.6. The molecule has 0 saturated carbocycles. The van der Waals surface area contributed by atoms with Gasteiger partial charge < -0.3 is 9.30 Å². The Hall–Kier alpha value is -2.30. The van der Waals surface area contributed by atoms with Crippen LogP contribution >= 0.6 is 11.3 Å².